The van der Waals surface area contributed by atoms with Crippen LogP contribution in [0.4, 0.5) is 0 Å². The van der Waals surface area contributed by atoms with E-state index in [0.717, 1.165) is 16.3 Å². The molecule has 2 N–H and O–H groups in total. The van der Waals surface area contributed by atoms with Crippen LogP contribution in [-0.2, 0) is 0 Å². The Morgan fingerprint density at radius 2 is 1.58 bits per heavy atom. The highest BCUT2D eigenvalue weighted by Crippen LogP contribution is 2.17. The lowest BCUT2D eigenvalue weighted by Crippen LogP contribution is -2.15. The van der Waals surface area contributed by atoms with Crippen LogP contribution < -0.4 is 15.5 Å². The summed E-state index contributed by atoms with van der Waals surface area (Å²) in [6.45, 7) is 1.94. The second-order valence-corrected chi connectivity index (χ2v) is 8.84. The number of amides is 1. The lowest BCUT2D eigenvalue weighted by atomic mass is 10.0. The molecule has 1 aliphatic carbocycles. The summed E-state index contributed by atoms with van der Waals surface area (Å²) in [7, 11) is 0. The minimum Gasteiger partial charge on any atom is -0.426 e. The van der Waals surface area contributed by atoms with Gasteiger partial charge in [-0.3, -0.25) is 14.2 Å². The Balaban J connectivity index is 0.000000190. The molecule has 0 saturated heterocycles. The summed E-state index contributed by atoms with van der Waals surface area (Å²) in [6.07, 6.45) is 12.6. The predicted octanol–water partition coefficient (Wildman–Crippen LogP) is 5.99. The first-order chi connectivity index (χ1) is 15.0. The highest BCUT2D eigenvalue weighted by atomic mass is 32.2. The van der Waals surface area contributed by atoms with E-state index >= 15 is 0 Å². The van der Waals surface area contributed by atoms with Crippen molar-refractivity contribution in [2.75, 3.05) is 6.26 Å². The van der Waals surface area contributed by atoms with Crippen molar-refractivity contribution in [1.82, 2.24) is 4.57 Å². The van der Waals surface area contributed by atoms with Gasteiger partial charge in [-0.15, -0.1) is 11.3 Å². The summed E-state index contributed by atoms with van der Waals surface area (Å²) >= 11 is 2.71. The molecule has 1 fully saturated rings. The molecule has 0 atom stereocenters. The first-order valence-corrected chi connectivity index (χ1v) is 12.3. The van der Waals surface area contributed by atoms with Gasteiger partial charge in [0.2, 0.25) is 0 Å². The first-order valence-electron chi connectivity index (χ1n) is 10.4. The van der Waals surface area contributed by atoms with Gasteiger partial charge in [-0.25, -0.2) is 0 Å². The number of benzene rings is 1. The van der Waals surface area contributed by atoms with Crippen LogP contribution in [0.3, 0.4) is 0 Å². The Labute approximate surface area is 192 Å². The highest BCUT2D eigenvalue weighted by molar-refractivity contribution is 7.94. The van der Waals surface area contributed by atoms with E-state index in [0.29, 0.717) is 4.88 Å². The molecule has 3 aromatic rings. The molecule has 1 saturated carbocycles. The summed E-state index contributed by atoms with van der Waals surface area (Å²) < 4.78 is 6.84. The van der Waals surface area contributed by atoms with Gasteiger partial charge in [0.05, 0.1) is 16.9 Å². The smallest absolute Gasteiger partial charge is 0.258 e. The Morgan fingerprint density at radius 1 is 0.968 bits per heavy atom. The largest absolute Gasteiger partial charge is 0.426 e. The van der Waals surface area contributed by atoms with Crippen LogP contribution in [0.15, 0.2) is 65.6 Å². The first kappa shape index (κ1) is 24.8. The van der Waals surface area contributed by atoms with Crippen molar-refractivity contribution < 1.29 is 8.98 Å². The molecule has 0 spiro atoms. The lowest BCUT2D eigenvalue weighted by Gasteiger charge is -2.06. The van der Waals surface area contributed by atoms with E-state index in [2.05, 4.69) is 0 Å². The number of carbonyl (C=O) groups is 1. The minimum atomic E-state index is -0.340. The zero-order valence-electron chi connectivity index (χ0n) is 18.1. The van der Waals surface area contributed by atoms with Crippen LogP contribution in [-0.4, -0.2) is 16.7 Å². The molecule has 0 radical (unpaired) electrons. The summed E-state index contributed by atoms with van der Waals surface area (Å²) in [5.74, 6) is 0.438. The minimum absolute atomic E-state index is 0.0407. The monoisotopic (exact) mass is 458 g/mol. The van der Waals surface area contributed by atoms with Gasteiger partial charge in [0.1, 0.15) is 5.75 Å². The number of nitrogens with two attached hydrogens (primary N) is 1. The molecule has 0 unspecified atom stereocenters. The SMILES string of the molecule is C1CCCCC1.CSOc1ccc(-n2ccccc2=O)cc1.Cc1ccc(C(N)=O)s1. The standard InChI is InChI=1S/C12H11NO2S.C6H7NOS.C6H12/c1-16-15-11-7-5-10(6-8-11)13-9-3-2-4-12(13)14;1-4-2-3-5(9-4)6(7)8;1-2-4-6-5-3-1/h2-9H,1H3;2-3H,1H3,(H2,7,8);1-6H2. The molecule has 0 bridgehead atoms. The maximum absolute atomic E-state index is 11.6. The Kier molecular flexibility index (Phi) is 11.0. The maximum atomic E-state index is 11.6. The van der Waals surface area contributed by atoms with Crippen molar-refractivity contribution in [2.24, 2.45) is 5.73 Å². The van der Waals surface area contributed by atoms with E-state index in [1.54, 1.807) is 22.9 Å². The Hall–Kier alpha value is -2.51. The summed E-state index contributed by atoms with van der Waals surface area (Å²) in [5, 5.41) is 0. The van der Waals surface area contributed by atoms with Crippen molar-refractivity contribution in [3.8, 4) is 11.4 Å². The van der Waals surface area contributed by atoms with Crippen molar-refractivity contribution in [2.45, 2.75) is 45.4 Å². The van der Waals surface area contributed by atoms with Gasteiger partial charge in [-0.2, -0.15) is 0 Å². The number of aryl methyl sites for hydroxylation is 1. The molecule has 2 heterocycles. The lowest BCUT2D eigenvalue weighted by molar-refractivity contribution is 0.100. The van der Waals surface area contributed by atoms with E-state index in [1.807, 2.05) is 49.6 Å². The Bertz CT molecular complexity index is 965. The molecule has 2 aromatic heterocycles. The van der Waals surface area contributed by atoms with E-state index in [1.165, 1.54) is 68.0 Å². The number of primary amides is 1. The third-order valence-electron chi connectivity index (χ3n) is 4.60. The van der Waals surface area contributed by atoms with Crippen molar-refractivity contribution in [1.29, 1.82) is 0 Å². The quantitative estimate of drug-likeness (QED) is 0.487. The molecular weight excluding hydrogens is 428 g/mol. The van der Waals surface area contributed by atoms with Gasteiger partial charge in [0.15, 0.2) is 0 Å². The van der Waals surface area contributed by atoms with Crippen molar-refractivity contribution >= 4 is 29.3 Å². The van der Waals surface area contributed by atoms with E-state index in [9.17, 15) is 9.59 Å². The zero-order valence-corrected chi connectivity index (χ0v) is 19.7. The van der Waals surface area contributed by atoms with E-state index in [-0.39, 0.29) is 11.5 Å². The summed E-state index contributed by atoms with van der Waals surface area (Å²) in [4.78, 5) is 23.8. The number of rotatable bonds is 4. The molecular formula is C24H30N2O3S2. The topological polar surface area (TPSA) is 74.3 Å². The van der Waals surface area contributed by atoms with Crippen molar-refractivity contribution in [3.63, 3.8) is 0 Å². The molecule has 0 aliphatic heterocycles. The number of pyridine rings is 1. The van der Waals surface area contributed by atoms with Gasteiger partial charge < -0.3 is 9.92 Å². The van der Waals surface area contributed by atoms with Gasteiger partial charge in [0, 0.05) is 29.1 Å². The van der Waals surface area contributed by atoms with Crippen LogP contribution in [0.5, 0.6) is 5.75 Å². The number of hydrogen-bond acceptors (Lipinski definition) is 5. The number of hydrogen-bond donors (Lipinski definition) is 1. The van der Waals surface area contributed by atoms with Crippen LogP contribution in [0.2, 0.25) is 0 Å². The molecule has 4 rings (SSSR count). The average Bonchev–Trinajstić information content (AvgIpc) is 3.24. The fourth-order valence-electron chi connectivity index (χ4n) is 3.03. The Morgan fingerprint density at radius 3 is 2.00 bits per heavy atom. The fraction of sp³-hybridized carbons (Fsp3) is 0.333. The number of carbonyl (C=O) groups excluding carboxylic acids is 1. The molecule has 7 heteroatoms. The van der Waals surface area contributed by atoms with Gasteiger partial charge in [0.25, 0.3) is 11.5 Å². The second kappa shape index (κ2) is 13.7. The van der Waals surface area contributed by atoms with Gasteiger partial charge >= 0.3 is 0 Å². The number of nitrogens with zero attached hydrogens (tertiary/aromatic N) is 1. The van der Waals surface area contributed by atoms with Gasteiger partial charge in [-0.1, -0.05) is 44.6 Å². The molecule has 1 aliphatic rings. The molecule has 1 amide bonds. The van der Waals surface area contributed by atoms with Gasteiger partial charge in [-0.05, 0) is 49.4 Å². The molecule has 31 heavy (non-hydrogen) atoms. The highest BCUT2D eigenvalue weighted by Gasteiger charge is 2.00. The molecule has 166 valence electrons. The summed E-state index contributed by atoms with van der Waals surface area (Å²) in [6, 6.07) is 16.1. The maximum Gasteiger partial charge on any atom is 0.258 e. The second-order valence-electron chi connectivity index (χ2n) is 7.05. The number of thiophene rings is 1. The molecule has 1 aromatic carbocycles. The van der Waals surface area contributed by atoms with Crippen LogP contribution in [0, 0.1) is 6.92 Å². The average molecular weight is 459 g/mol. The normalized spacial score (nSPS) is 12.6. The fourth-order valence-corrected chi connectivity index (χ4v) is 4.05. The van der Waals surface area contributed by atoms with Crippen molar-refractivity contribution in [3.05, 3.63) is 80.9 Å². The van der Waals surface area contributed by atoms with E-state index < -0.39 is 0 Å². The number of aromatic nitrogens is 1. The third kappa shape index (κ3) is 9.02. The predicted molar refractivity (Wildman–Crippen MR) is 131 cm³/mol. The van der Waals surface area contributed by atoms with Crippen LogP contribution in [0.25, 0.3) is 5.69 Å². The summed E-state index contributed by atoms with van der Waals surface area (Å²) in [5.41, 5.74) is 5.79. The van der Waals surface area contributed by atoms with Crippen LogP contribution in [0.1, 0.15) is 53.1 Å². The van der Waals surface area contributed by atoms with E-state index in [4.69, 9.17) is 9.92 Å². The van der Waals surface area contributed by atoms with Crippen LogP contribution >= 0.6 is 23.4 Å². The molecule has 5 nitrogen and oxygen atoms in total. The third-order valence-corrected chi connectivity index (χ3v) is 5.97. The zero-order chi connectivity index (χ0) is 22.5.